The molecule has 1 heterocycles. The molecule has 1 aromatic heterocycles. The second-order valence-corrected chi connectivity index (χ2v) is 3.91. The fraction of sp³-hybridized carbons (Fsp3) is 0.333. The van der Waals surface area contributed by atoms with Crippen molar-refractivity contribution in [3.05, 3.63) is 29.2 Å². The molecule has 0 N–H and O–H groups in total. The van der Waals surface area contributed by atoms with Crippen LogP contribution in [-0.4, -0.2) is 17.1 Å². The predicted octanol–water partition coefficient (Wildman–Crippen LogP) is 3.24. The molecule has 0 saturated carbocycles. The first kappa shape index (κ1) is 11.1. The van der Waals surface area contributed by atoms with Gasteiger partial charge in [-0.15, -0.1) is 0 Å². The van der Waals surface area contributed by atoms with Gasteiger partial charge in [0.05, 0.1) is 18.3 Å². The Kier molecular flexibility index (Phi) is 3.25. The van der Waals surface area contributed by atoms with E-state index in [-0.39, 0.29) is 0 Å². The summed E-state index contributed by atoms with van der Waals surface area (Å²) in [6.45, 7) is 2.11. The van der Waals surface area contributed by atoms with Gasteiger partial charge in [-0.3, -0.25) is 0 Å². The molecule has 0 unspecified atom stereocenters. The van der Waals surface area contributed by atoms with Crippen molar-refractivity contribution >= 4 is 22.5 Å². The first-order valence-corrected chi connectivity index (χ1v) is 5.62. The Bertz CT molecular complexity index is 514. The summed E-state index contributed by atoms with van der Waals surface area (Å²) in [6.07, 6.45) is 1.92. The van der Waals surface area contributed by atoms with E-state index in [0.29, 0.717) is 5.28 Å². The standard InChI is InChI=1S/C12H13ClN2O/c1-3-4-10-9-7-8(16-2)5-6-11(9)15-12(13)14-10/h5-7H,3-4H2,1-2H3. The molecule has 1 aromatic carbocycles. The highest BCUT2D eigenvalue weighted by atomic mass is 35.5. The topological polar surface area (TPSA) is 35.0 Å². The molecule has 0 bridgehead atoms. The molecule has 0 atom stereocenters. The van der Waals surface area contributed by atoms with Crippen molar-refractivity contribution in [3.63, 3.8) is 0 Å². The van der Waals surface area contributed by atoms with Gasteiger partial charge in [-0.1, -0.05) is 13.3 Å². The van der Waals surface area contributed by atoms with Crippen molar-refractivity contribution in [2.24, 2.45) is 0 Å². The molecule has 3 nitrogen and oxygen atoms in total. The van der Waals surface area contributed by atoms with Crippen LogP contribution >= 0.6 is 11.6 Å². The lowest BCUT2D eigenvalue weighted by molar-refractivity contribution is 0.415. The number of halogens is 1. The first-order chi connectivity index (χ1) is 7.74. The smallest absolute Gasteiger partial charge is 0.223 e. The molecule has 0 spiro atoms. The molecule has 4 heteroatoms. The molecule has 16 heavy (non-hydrogen) atoms. The first-order valence-electron chi connectivity index (χ1n) is 5.24. The maximum Gasteiger partial charge on any atom is 0.223 e. The zero-order chi connectivity index (χ0) is 11.5. The van der Waals surface area contributed by atoms with Gasteiger partial charge in [-0.2, -0.15) is 0 Å². The lowest BCUT2D eigenvalue weighted by Gasteiger charge is -2.06. The van der Waals surface area contributed by atoms with Gasteiger partial charge in [-0.05, 0) is 36.2 Å². The minimum absolute atomic E-state index is 0.307. The van der Waals surface area contributed by atoms with Crippen LogP contribution in [0.3, 0.4) is 0 Å². The third-order valence-corrected chi connectivity index (χ3v) is 2.61. The van der Waals surface area contributed by atoms with Gasteiger partial charge in [0.25, 0.3) is 0 Å². The van der Waals surface area contributed by atoms with Gasteiger partial charge in [0.1, 0.15) is 5.75 Å². The van der Waals surface area contributed by atoms with Crippen LogP contribution < -0.4 is 4.74 Å². The maximum absolute atomic E-state index is 5.88. The molecule has 0 aliphatic heterocycles. The second-order valence-electron chi connectivity index (χ2n) is 3.57. The van der Waals surface area contributed by atoms with E-state index in [9.17, 15) is 0 Å². The largest absolute Gasteiger partial charge is 0.497 e. The van der Waals surface area contributed by atoms with Crippen LogP contribution in [0.5, 0.6) is 5.75 Å². The fourth-order valence-electron chi connectivity index (χ4n) is 1.69. The van der Waals surface area contributed by atoms with Gasteiger partial charge >= 0.3 is 0 Å². The average molecular weight is 237 g/mol. The summed E-state index contributed by atoms with van der Waals surface area (Å²) >= 11 is 5.88. The Morgan fingerprint density at radius 1 is 1.31 bits per heavy atom. The Labute approximate surface area is 99.4 Å². The summed E-state index contributed by atoms with van der Waals surface area (Å²) in [4.78, 5) is 8.46. The van der Waals surface area contributed by atoms with E-state index in [1.807, 2.05) is 18.2 Å². The van der Waals surface area contributed by atoms with Gasteiger partial charge in [0, 0.05) is 5.39 Å². The summed E-state index contributed by atoms with van der Waals surface area (Å²) in [5, 5.41) is 1.33. The third-order valence-electron chi connectivity index (χ3n) is 2.44. The molecule has 0 radical (unpaired) electrons. The summed E-state index contributed by atoms with van der Waals surface area (Å²) in [5.74, 6) is 0.816. The summed E-state index contributed by atoms with van der Waals surface area (Å²) < 4.78 is 5.20. The van der Waals surface area contributed by atoms with E-state index < -0.39 is 0 Å². The van der Waals surface area contributed by atoms with Crippen LogP contribution in [0.2, 0.25) is 5.28 Å². The van der Waals surface area contributed by atoms with Crippen LogP contribution in [0.25, 0.3) is 10.9 Å². The number of benzene rings is 1. The van der Waals surface area contributed by atoms with E-state index in [2.05, 4.69) is 16.9 Å². The fourth-order valence-corrected chi connectivity index (χ4v) is 1.89. The minimum Gasteiger partial charge on any atom is -0.497 e. The zero-order valence-corrected chi connectivity index (χ0v) is 10.1. The molecule has 0 aliphatic carbocycles. The Morgan fingerprint density at radius 2 is 2.12 bits per heavy atom. The van der Waals surface area contributed by atoms with Crippen LogP contribution in [0.4, 0.5) is 0 Å². The van der Waals surface area contributed by atoms with Gasteiger partial charge < -0.3 is 4.74 Å². The predicted molar refractivity (Wildman–Crippen MR) is 65.1 cm³/mol. The van der Waals surface area contributed by atoms with Crippen LogP contribution in [-0.2, 0) is 6.42 Å². The second kappa shape index (κ2) is 4.66. The number of rotatable bonds is 3. The van der Waals surface area contributed by atoms with Crippen molar-refractivity contribution in [1.82, 2.24) is 9.97 Å². The number of aromatic nitrogens is 2. The lowest BCUT2D eigenvalue weighted by atomic mass is 10.1. The molecule has 2 aromatic rings. The monoisotopic (exact) mass is 236 g/mol. The van der Waals surface area contributed by atoms with Crippen LogP contribution in [0, 0.1) is 0 Å². The molecule has 2 rings (SSSR count). The average Bonchev–Trinajstić information content (AvgIpc) is 2.29. The highest BCUT2D eigenvalue weighted by Gasteiger charge is 2.07. The van der Waals surface area contributed by atoms with E-state index in [1.165, 1.54) is 0 Å². The summed E-state index contributed by atoms with van der Waals surface area (Å²) in [6, 6.07) is 5.74. The van der Waals surface area contributed by atoms with Gasteiger partial charge in [0.2, 0.25) is 5.28 Å². The number of hydrogen-bond acceptors (Lipinski definition) is 3. The number of ether oxygens (including phenoxy) is 1. The Hall–Kier alpha value is -1.35. The van der Waals surface area contributed by atoms with Crippen molar-refractivity contribution in [2.75, 3.05) is 7.11 Å². The van der Waals surface area contributed by atoms with Crippen molar-refractivity contribution in [1.29, 1.82) is 0 Å². The van der Waals surface area contributed by atoms with E-state index in [1.54, 1.807) is 7.11 Å². The Morgan fingerprint density at radius 3 is 2.81 bits per heavy atom. The van der Waals surface area contributed by atoms with Crippen LogP contribution in [0.1, 0.15) is 19.0 Å². The molecule has 0 aliphatic rings. The highest BCUT2D eigenvalue weighted by molar-refractivity contribution is 6.28. The molecule has 0 saturated heterocycles. The van der Waals surface area contributed by atoms with Gasteiger partial charge in [-0.25, -0.2) is 9.97 Å². The summed E-state index contributed by atoms with van der Waals surface area (Å²) in [5.41, 5.74) is 1.85. The van der Waals surface area contributed by atoms with Crippen molar-refractivity contribution < 1.29 is 4.74 Å². The molecule has 84 valence electrons. The molecule has 0 fully saturated rings. The Balaban J connectivity index is 2.65. The minimum atomic E-state index is 0.307. The van der Waals surface area contributed by atoms with E-state index in [0.717, 1.165) is 35.2 Å². The number of methoxy groups -OCH3 is 1. The van der Waals surface area contributed by atoms with Gasteiger partial charge in [0.15, 0.2) is 0 Å². The molecule has 0 amide bonds. The normalized spacial score (nSPS) is 10.7. The quantitative estimate of drug-likeness (QED) is 0.768. The number of aryl methyl sites for hydroxylation is 1. The molecular weight excluding hydrogens is 224 g/mol. The van der Waals surface area contributed by atoms with Crippen LogP contribution in [0.15, 0.2) is 18.2 Å². The zero-order valence-electron chi connectivity index (χ0n) is 9.33. The lowest BCUT2D eigenvalue weighted by Crippen LogP contribution is -1.95. The third kappa shape index (κ3) is 2.09. The number of nitrogens with zero attached hydrogens (tertiary/aromatic N) is 2. The number of hydrogen-bond donors (Lipinski definition) is 0. The maximum atomic E-state index is 5.88. The SMILES string of the molecule is CCCc1nc(Cl)nc2ccc(OC)cc12. The highest BCUT2D eigenvalue weighted by Crippen LogP contribution is 2.23. The molecular formula is C12H13ClN2O. The van der Waals surface area contributed by atoms with E-state index in [4.69, 9.17) is 16.3 Å². The van der Waals surface area contributed by atoms with Crippen molar-refractivity contribution in [3.8, 4) is 5.75 Å². The number of fused-ring (bicyclic) bond motifs is 1. The summed E-state index contributed by atoms with van der Waals surface area (Å²) in [7, 11) is 1.65. The van der Waals surface area contributed by atoms with E-state index >= 15 is 0 Å². The van der Waals surface area contributed by atoms with Crippen molar-refractivity contribution in [2.45, 2.75) is 19.8 Å².